The van der Waals surface area contributed by atoms with Crippen LogP contribution in [0, 0.1) is 25.7 Å². The number of hydrogen-bond donors (Lipinski definition) is 0. The number of methoxy groups -OCH3 is 1. The zero-order chi connectivity index (χ0) is 19.4. The van der Waals surface area contributed by atoms with Crippen LogP contribution in [0.25, 0.3) is 0 Å². The van der Waals surface area contributed by atoms with Gasteiger partial charge < -0.3 is 14.4 Å². The van der Waals surface area contributed by atoms with Gasteiger partial charge in [-0.3, -0.25) is 4.79 Å². The lowest BCUT2D eigenvalue weighted by molar-refractivity contribution is -0.136. The summed E-state index contributed by atoms with van der Waals surface area (Å²) in [5.41, 5.74) is 5.43. The standard InChI is InChI=1S/C22H33NO3S/c1-15-13-21(26-10-9-25-4)17(3)20-14-18(5-6-19(15)20)16(2)22(24)23-7-11-27-12-8-23/h13,16,18H,5-12,14H2,1-4H3/t16-,18+/m0/s1. The monoisotopic (exact) mass is 391 g/mol. The molecule has 1 aliphatic carbocycles. The molecule has 0 spiro atoms. The maximum atomic E-state index is 13.0. The molecule has 27 heavy (non-hydrogen) atoms. The van der Waals surface area contributed by atoms with Gasteiger partial charge in [0.15, 0.2) is 0 Å². The van der Waals surface area contributed by atoms with E-state index in [2.05, 4.69) is 31.7 Å². The van der Waals surface area contributed by atoms with E-state index in [4.69, 9.17) is 9.47 Å². The Morgan fingerprint density at radius 2 is 2.00 bits per heavy atom. The molecule has 1 saturated heterocycles. The molecule has 0 bridgehead atoms. The quantitative estimate of drug-likeness (QED) is 0.694. The van der Waals surface area contributed by atoms with Crippen LogP contribution in [0.1, 0.15) is 35.6 Å². The van der Waals surface area contributed by atoms with Crippen molar-refractivity contribution in [1.82, 2.24) is 4.90 Å². The molecule has 4 nitrogen and oxygen atoms in total. The lowest BCUT2D eigenvalue weighted by Gasteiger charge is -2.35. The van der Waals surface area contributed by atoms with Crippen molar-refractivity contribution >= 4 is 17.7 Å². The fraction of sp³-hybridized carbons (Fsp3) is 0.682. The number of benzene rings is 1. The van der Waals surface area contributed by atoms with Crippen molar-refractivity contribution in [2.45, 2.75) is 40.0 Å². The van der Waals surface area contributed by atoms with Gasteiger partial charge in [-0.05, 0) is 67.3 Å². The highest BCUT2D eigenvalue weighted by molar-refractivity contribution is 7.99. The number of rotatable bonds is 6. The zero-order valence-electron chi connectivity index (χ0n) is 17.2. The van der Waals surface area contributed by atoms with E-state index in [1.807, 2.05) is 11.8 Å². The van der Waals surface area contributed by atoms with Crippen LogP contribution in [0.15, 0.2) is 6.07 Å². The minimum atomic E-state index is 0.0963. The molecule has 2 atom stereocenters. The first-order valence-corrected chi connectivity index (χ1v) is 11.3. The van der Waals surface area contributed by atoms with Crippen LogP contribution in [0.3, 0.4) is 0 Å². The molecule has 1 aliphatic heterocycles. The Hall–Kier alpha value is -1.20. The van der Waals surface area contributed by atoms with E-state index in [-0.39, 0.29) is 5.92 Å². The van der Waals surface area contributed by atoms with Gasteiger partial charge in [-0.25, -0.2) is 0 Å². The van der Waals surface area contributed by atoms with Crippen molar-refractivity contribution in [3.05, 3.63) is 28.3 Å². The summed E-state index contributed by atoms with van der Waals surface area (Å²) in [6.45, 7) is 9.47. The topological polar surface area (TPSA) is 38.8 Å². The molecular formula is C22H33NO3S. The first-order valence-electron chi connectivity index (χ1n) is 10.1. The fourth-order valence-electron chi connectivity index (χ4n) is 4.41. The third kappa shape index (κ3) is 4.62. The summed E-state index contributed by atoms with van der Waals surface area (Å²) in [7, 11) is 1.69. The van der Waals surface area contributed by atoms with E-state index in [1.54, 1.807) is 7.11 Å². The van der Waals surface area contributed by atoms with Gasteiger partial charge >= 0.3 is 0 Å². The minimum Gasteiger partial charge on any atom is -0.491 e. The van der Waals surface area contributed by atoms with Crippen LogP contribution in [0.2, 0.25) is 0 Å². The van der Waals surface area contributed by atoms with Crippen molar-refractivity contribution in [3.63, 3.8) is 0 Å². The molecule has 150 valence electrons. The second-order valence-corrected chi connectivity index (χ2v) is 9.07. The molecular weight excluding hydrogens is 358 g/mol. The number of amides is 1. The first kappa shape index (κ1) is 20.5. The third-order valence-corrected chi connectivity index (χ3v) is 7.15. The van der Waals surface area contributed by atoms with Crippen molar-refractivity contribution in [1.29, 1.82) is 0 Å². The molecule has 0 unspecified atom stereocenters. The van der Waals surface area contributed by atoms with E-state index in [9.17, 15) is 4.79 Å². The molecule has 0 aromatic heterocycles. The molecule has 0 N–H and O–H groups in total. The Balaban J connectivity index is 1.74. The lowest BCUT2D eigenvalue weighted by Crippen LogP contribution is -2.43. The molecule has 5 heteroatoms. The van der Waals surface area contributed by atoms with E-state index in [0.717, 1.165) is 49.6 Å². The minimum absolute atomic E-state index is 0.0963. The molecule has 1 fully saturated rings. The van der Waals surface area contributed by atoms with Crippen molar-refractivity contribution in [2.75, 3.05) is 44.9 Å². The fourth-order valence-corrected chi connectivity index (χ4v) is 5.31. The predicted octanol–water partition coefficient (Wildman–Crippen LogP) is 3.65. The van der Waals surface area contributed by atoms with Gasteiger partial charge in [0, 0.05) is 37.6 Å². The second-order valence-electron chi connectivity index (χ2n) is 7.84. The van der Waals surface area contributed by atoms with Gasteiger partial charge in [-0.2, -0.15) is 11.8 Å². The second kappa shape index (κ2) is 9.33. The van der Waals surface area contributed by atoms with E-state index < -0.39 is 0 Å². The maximum absolute atomic E-state index is 13.0. The van der Waals surface area contributed by atoms with E-state index in [1.165, 1.54) is 22.3 Å². The van der Waals surface area contributed by atoms with Crippen molar-refractivity contribution in [2.24, 2.45) is 11.8 Å². The number of fused-ring (bicyclic) bond motifs is 1. The van der Waals surface area contributed by atoms with Crippen molar-refractivity contribution < 1.29 is 14.3 Å². The Morgan fingerprint density at radius 1 is 1.26 bits per heavy atom. The van der Waals surface area contributed by atoms with E-state index >= 15 is 0 Å². The van der Waals surface area contributed by atoms with Gasteiger partial charge in [-0.1, -0.05) is 6.92 Å². The molecule has 2 aliphatic rings. The van der Waals surface area contributed by atoms with Gasteiger partial charge in [-0.15, -0.1) is 0 Å². The maximum Gasteiger partial charge on any atom is 0.225 e. The van der Waals surface area contributed by atoms with Gasteiger partial charge in [0.1, 0.15) is 12.4 Å². The normalized spacial score (nSPS) is 20.9. The molecule has 3 rings (SSSR count). The highest BCUT2D eigenvalue weighted by Gasteiger charge is 2.32. The predicted molar refractivity (Wildman–Crippen MR) is 112 cm³/mol. The molecule has 0 radical (unpaired) electrons. The van der Waals surface area contributed by atoms with Crippen LogP contribution in [-0.2, 0) is 22.4 Å². The average molecular weight is 392 g/mol. The molecule has 1 aromatic carbocycles. The summed E-state index contributed by atoms with van der Waals surface area (Å²) in [6.07, 6.45) is 3.16. The van der Waals surface area contributed by atoms with Gasteiger partial charge in [0.25, 0.3) is 0 Å². The van der Waals surface area contributed by atoms with Crippen LogP contribution in [0.4, 0.5) is 0 Å². The number of thioether (sulfide) groups is 1. The summed E-state index contributed by atoms with van der Waals surface area (Å²) in [4.78, 5) is 15.1. The number of carbonyl (C=O) groups excluding carboxylic acids is 1. The summed E-state index contributed by atoms with van der Waals surface area (Å²) >= 11 is 1.95. The number of nitrogens with zero attached hydrogens (tertiary/aromatic N) is 1. The van der Waals surface area contributed by atoms with Crippen LogP contribution in [-0.4, -0.2) is 55.7 Å². The average Bonchev–Trinajstić information content (AvgIpc) is 2.71. The summed E-state index contributed by atoms with van der Waals surface area (Å²) in [6, 6.07) is 2.17. The number of ether oxygens (including phenoxy) is 2. The van der Waals surface area contributed by atoms with Gasteiger partial charge in [0.05, 0.1) is 6.61 Å². The SMILES string of the molecule is COCCOc1cc(C)c2c(c1C)C[C@H]([C@H](C)C(=O)N1CCSCC1)CC2. The first-order chi connectivity index (χ1) is 13.0. The highest BCUT2D eigenvalue weighted by Crippen LogP contribution is 2.38. The van der Waals surface area contributed by atoms with Crippen molar-refractivity contribution in [3.8, 4) is 5.75 Å². The highest BCUT2D eigenvalue weighted by atomic mass is 32.2. The van der Waals surface area contributed by atoms with E-state index in [0.29, 0.717) is 25.0 Å². The lowest BCUT2D eigenvalue weighted by atomic mass is 9.74. The van der Waals surface area contributed by atoms with Gasteiger partial charge in [0.2, 0.25) is 5.91 Å². The summed E-state index contributed by atoms with van der Waals surface area (Å²) < 4.78 is 11.1. The Morgan fingerprint density at radius 3 is 2.70 bits per heavy atom. The third-order valence-electron chi connectivity index (χ3n) is 6.21. The van der Waals surface area contributed by atoms with Crippen LogP contribution < -0.4 is 4.74 Å². The molecule has 1 amide bonds. The molecule has 0 saturated carbocycles. The molecule has 1 aromatic rings. The summed E-state index contributed by atoms with van der Waals surface area (Å²) in [5.74, 6) is 3.99. The number of hydrogen-bond acceptors (Lipinski definition) is 4. The Bertz CT molecular complexity index is 670. The smallest absolute Gasteiger partial charge is 0.225 e. The zero-order valence-corrected chi connectivity index (χ0v) is 18.0. The number of carbonyl (C=O) groups is 1. The van der Waals surface area contributed by atoms with Crippen LogP contribution >= 0.6 is 11.8 Å². The Labute approximate surface area is 168 Å². The van der Waals surface area contributed by atoms with Crippen LogP contribution in [0.5, 0.6) is 5.75 Å². The summed E-state index contributed by atoms with van der Waals surface area (Å²) in [5, 5.41) is 0. The number of aryl methyl sites for hydroxylation is 1. The Kier molecular flexibility index (Phi) is 7.10. The largest absolute Gasteiger partial charge is 0.491 e. The molecule has 1 heterocycles.